The van der Waals surface area contributed by atoms with E-state index in [0.717, 1.165) is 34.6 Å². The van der Waals surface area contributed by atoms with Crippen molar-refractivity contribution in [2.75, 3.05) is 20.3 Å². The Bertz CT molecular complexity index is 674. The summed E-state index contributed by atoms with van der Waals surface area (Å²) in [5.74, 6) is -5.67. The number of carbonyl (C=O) groups is 5. The van der Waals surface area contributed by atoms with Crippen molar-refractivity contribution in [3.05, 3.63) is 0 Å². The first-order valence-electron chi connectivity index (χ1n) is 8.93. The molecular weight excluding hydrogens is 408 g/mol. The molecule has 5 atom stereocenters. The molecule has 1 aliphatic rings. The van der Waals surface area contributed by atoms with Crippen LogP contribution in [0.5, 0.6) is 0 Å². The van der Waals surface area contributed by atoms with Crippen LogP contribution in [0, 0.1) is 0 Å². The lowest BCUT2D eigenvalue weighted by atomic mass is 9.91. The normalized spacial score (nSPS) is 28.1. The first kappa shape index (κ1) is 25.3. The van der Waals surface area contributed by atoms with E-state index in [4.69, 9.17) is 33.2 Å². The number of rotatable bonds is 8. The summed E-state index contributed by atoms with van der Waals surface area (Å²) in [7, 11) is 1.18. The van der Waals surface area contributed by atoms with Crippen molar-refractivity contribution in [3.8, 4) is 0 Å². The van der Waals surface area contributed by atoms with Gasteiger partial charge in [0, 0.05) is 41.7 Å². The monoisotopic (exact) mass is 434 g/mol. The van der Waals surface area contributed by atoms with Gasteiger partial charge in [0.25, 0.3) is 0 Å². The minimum absolute atomic E-state index is 0.428. The second-order valence-corrected chi connectivity index (χ2v) is 6.43. The molecule has 1 fully saturated rings. The highest BCUT2D eigenvalue weighted by molar-refractivity contribution is 5.69. The summed E-state index contributed by atoms with van der Waals surface area (Å²) in [6.45, 7) is 4.56. The third kappa shape index (κ3) is 6.95. The largest absolute Gasteiger partial charge is 0.463 e. The molecule has 1 aliphatic heterocycles. The Labute approximate surface area is 173 Å². The fourth-order valence-corrected chi connectivity index (χ4v) is 2.89. The van der Waals surface area contributed by atoms with Gasteiger partial charge in [0.05, 0.1) is 0 Å². The lowest BCUT2D eigenvalue weighted by Gasteiger charge is -2.49. The summed E-state index contributed by atoms with van der Waals surface area (Å²) in [5, 5.41) is 0. The van der Waals surface area contributed by atoms with Crippen LogP contribution in [0.3, 0.4) is 0 Å². The van der Waals surface area contributed by atoms with E-state index in [1.165, 1.54) is 7.11 Å². The fourth-order valence-electron chi connectivity index (χ4n) is 2.89. The quantitative estimate of drug-likeness (QED) is 0.363. The summed E-state index contributed by atoms with van der Waals surface area (Å²) in [5.41, 5.74) is 0. The molecule has 12 heteroatoms. The third-order valence-electron chi connectivity index (χ3n) is 3.94. The first-order chi connectivity index (χ1) is 13.9. The molecule has 0 bridgehead atoms. The molecular formula is C18H26O12. The van der Waals surface area contributed by atoms with Gasteiger partial charge in [0.15, 0.2) is 18.3 Å². The number of methoxy groups -OCH3 is 1. The van der Waals surface area contributed by atoms with Crippen molar-refractivity contribution < 1.29 is 57.1 Å². The van der Waals surface area contributed by atoms with E-state index >= 15 is 0 Å². The van der Waals surface area contributed by atoms with Crippen molar-refractivity contribution in [1.29, 1.82) is 0 Å². The Morgan fingerprint density at radius 2 is 1.23 bits per heavy atom. The number of hydrogen-bond donors (Lipinski definition) is 0. The molecule has 5 unspecified atom stereocenters. The molecule has 1 rings (SSSR count). The highest BCUT2D eigenvalue weighted by atomic mass is 16.8. The average Bonchev–Trinajstić information content (AvgIpc) is 2.61. The number of ether oxygens (including phenoxy) is 7. The lowest BCUT2D eigenvalue weighted by molar-refractivity contribution is -0.367. The number of hydrogen-bond acceptors (Lipinski definition) is 12. The SMILES string of the molecule is COC1(COC(C)=O)OC(COC(C)=O)C(OC(C)=O)C(OC(C)=O)C1OC(C)=O. The van der Waals surface area contributed by atoms with Crippen LogP contribution in [0.1, 0.15) is 34.6 Å². The minimum atomic E-state index is -1.96. The van der Waals surface area contributed by atoms with E-state index in [1.807, 2.05) is 0 Å². The van der Waals surface area contributed by atoms with Gasteiger partial charge in [0.1, 0.15) is 19.3 Å². The van der Waals surface area contributed by atoms with E-state index in [9.17, 15) is 24.0 Å². The van der Waals surface area contributed by atoms with Crippen molar-refractivity contribution in [1.82, 2.24) is 0 Å². The van der Waals surface area contributed by atoms with Crippen LogP contribution in [0.2, 0.25) is 0 Å². The molecule has 0 radical (unpaired) electrons. The van der Waals surface area contributed by atoms with Gasteiger partial charge < -0.3 is 33.2 Å². The molecule has 1 heterocycles. The maximum absolute atomic E-state index is 11.8. The van der Waals surface area contributed by atoms with E-state index < -0.39 is 73.3 Å². The van der Waals surface area contributed by atoms with Gasteiger partial charge in [-0.3, -0.25) is 24.0 Å². The average molecular weight is 434 g/mol. The van der Waals surface area contributed by atoms with Crippen LogP contribution in [0.25, 0.3) is 0 Å². The molecule has 1 saturated heterocycles. The summed E-state index contributed by atoms with van der Waals surface area (Å²) >= 11 is 0. The van der Waals surface area contributed by atoms with Gasteiger partial charge in [-0.2, -0.15) is 0 Å². The Morgan fingerprint density at radius 3 is 1.67 bits per heavy atom. The molecule has 0 aromatic rings. The Hall–Kier alpha value is -2.73. The maximum atomic E-state index is 11.8. The maximum Gasteiger partial charge on any atom is 0.303 e. The van der Waals surface area contributed by atoms with Gasteiger partial charge in [-0.1, -0.05) is 0 Å². The van der Waals surface area contributed by atoms with Crippen LogP contribution < -0.4 is 0 Å². The van der Waals surface area contributed by atoms with Gasteiger partial charge in [0.2, 0.25) is 5.79 Å². The van der Waals surface area contributed by atoms with Crippen LogP contribution >= 0.6 is 0 Å². The molecule has 0 aliphatic carbocycles. The van der Waals surface area contributed by atoms with Crippen molar-refractivity contribution in [2.45, 2.75) is 64.8 Å². The Balaban J connectivity index is 3.51. The second-order valence-electron chi connectivity index (χ2n) is 6.43. The van der Waals surface area contributed by atoms with E-state index in [0.29, 0.717) is 0 Å². The minimum Gasteiger partial charge on any atom is -0.463 e. The van der Waals surface area contributed by atoms with Crippen molar-refractivity contribution in [2.24, 2.45) is 0 Å². The molecule has 12 nitrogen and oxygen atoms in total. The van der Waals surface area contributed by atoms with Gasteiger partial charge in [-0.15, -0.1) is 0 Å². The molecule has 0 aromatic carbocycles. The molecule has 0 aromatic heterocycles. The standard InChI is InChI=1S/C18H26O12/c1-9(19)25-7-14-15(27-11(3)21)16(28-12(4)22)17(29-13(5)23)18(24-6,30-14)8-26-10(2)20/h14-17H,7-8H2,1-6H3. The highest BCUT2D eigenvalue weighted by Crippen LogP contribution is 2.37. The van der Waals surface area contributed by atoms with Crippen molar-refractivity contribution in [3.63, 3.8) is 0 Å². The molecule has 0 spiro atoms. The summed E-state index contributed by atoms with van der Waals surface area (Å²) in [6, 6.07) is 0. The molecule has 0 saturated carbocycles. The smallest absolute Gasteiger partial charge is 0.303 e. The zero-order chi connectivity index (χ0) is 23.1. The summed E-state index contributed by atoms with van der Waals surface area (Å²) in [6.07, 6.45) is -5.48. The second kappa shape index (κ2) is 10.9. The Kier molecular flexibility index (Phi) is 9.18. The van der Waals surface area contributed by atoms with E-state index in [1.54, 1.807) is 0 Å². The first-order valence-corrected chi connectivity index (χ1v) is 8.93. The number of carbonyl (C=O) groups excluding carboxylic acids is 5. The highest BCUT2D eigenvalue weighted by Gasteiger charge is 2.61. The molecule has 30 heavy (non-hydrogen) atoms. The van der Waals surface area contributed by atoms with E-state index in [-0.39, 0.29) is 0 Å². The van der Waals surface area contributed by atoms with Crippen LogP contribution in [0.15, 0.2) is 0 Å². The zero-order valence-electron chi connectivity index (χ0n) is 17.6. The summed E-state index contributed by atoms with van der Waals surface area (Å²) < 4.78 is 37.0. The molecule has 170 valence electrons. The van der Waals surface area contributed by atoms with E-state index in [2.05, 4.69) is 0 Å². The van der Waals surface area contributed by atoms with Gasteiger partial charge in [-0.25, -0.2) is 0 Å². The van der Waals surface area contributed by atoms with Crippen LogP contribution in [-0.2, 0) is 57.1 Å². The number of esters is 5. The Morgan fingerprint density at radius 1 is 0.733 bits per heavy atom. The van der Waals surface area contributed by atoms with Crippen molar-refractivity contribution >= 4 is 29.8 Å². The zero-order valence-corrected chi connectivity index (χ0v) is 17.6. The predicted molar refractivity (Wildman–Crippen MR) is 94.5 cm³/mol. The fraction of sp³-hybridized carbons (Fsp3) is 0.722. The van der Waals surface area contributed by atoms with Crippen LogP contribution in [0.4, 0.5) is 0 Å². The topological polar surface area (TPSA) is 150 Å². The lowest BCUT2D eigenvalue weighted by Crippen LogP contribution is -2.70. The van der Waals surface area contributed by atoms with Gasteiger partial charge >= 0.3 is 29.8 Å². The van der Waals surface area contributed by atoms with Gasteiger partial charge in [-0.05, 0) is 0 Å². The third-order valence-corrected chi connectivity index (χ3v) is 3.94. The predicted octanol–water partition coefficient (Wildman–Crippen LogP) is -0.351. The van der Waals surface area contributed by atoms with Crippen LogP contribution in [-0.4, -0.2) is 80.4 Å². The molecule has 0 amide bonds. The molecule has 0 N–H and O–H groups in total. The summed E-state index contributed by atoms with van der Waals surface area (Å²) in [4.78, 5) is 57.8.